The van der Waals surface area contributed by atoms with Gasteiger partial charge in [0, 0.05) is 0 Å². The van der Waals surface area contributed by atoms with Gasteiger partial charge in [-0.15, -0.1) is 0 Å². The smallest absolute Gasteiger partial charge is 0.387 e. The Balaban J connectivity index is 2.29. The molecule has 1 fully saturated rings. The Morgan fingerprint density at radius 3 is 2.33 bits per heavy atom. The molecule has 0 spiro atoms. The molecule has 21 heteroatoms. The molecule has 33 heavy (non-hydrogen) atoms. The standard InChI is InChI=1S/C12H21FN3O14P3/c1-6-15-7(17)4-14-16(6)10-12(19,5-13)8(18)9(27-10)11(2,3)28-32(23,24)30-33(25,26)29-31(20,21)22/h4,8-10,18-19H,1,5H2,2-3H3,(H,15,17)(H,23,24)(H,25,26)(H2,20,21,22)/t8-,9-,10+,12?/m0/s1. The zero-order valence-corrected chi connectivity index (χ0v) is 19.5. The van der Waals surface area contributed by atoms with E-state index in [9.17, 15) is 42.9 Å². The fraction of sp³-hybridized carbons (Fsp3) is 0.667. The molecule has 0 aromatic rings. The number of carbonyl (C=O) groups excluding carboxylic acids is 1. The maximum atomic E-state index is 13.8. The number of hydrogen-bond donors (Lipinski definition) is 7. The summed E-state index contributed by atoms with van der Waals surface area (Å²) in [5.41, 5.74) is -4.96. The summed E-state index contributed by atoms with van der Waals surface area (Å²) in [6, 6.07) is 0. The number of aliphatic hydroxyl groups is 2. The number of aliphatic hydroxyl groups excluding tert-OH is 1. The molecule has 0 aliphatic carbocycles. The largest absolute Gasteiger partial charge is 0.490 e. The quantitative estimate of drug-likeness (QED) is 0.168. The van der Waals surface area contributed by atoms with Crippen molar-refractivity contribution in [2.75, 3.05) is 6.67 Å². The number of amides is 1. The molecule has 7 N–H and O–H groups in total. The SMILES string of the molecule is C=C1NC(=O)C=NN1[C@@H]1O[C@H](C(C)(C)OP(=O)(O)OP(=O)(O)OP(=O)(O)O)[C@H](O)C1(O)CF. The number of hydrogen-bond acceptors (Lipinski definition) is 12. The molecule has 0 radical (unpaired) electrons. The van der Waals surface area contributed by atoms with Crippen molar-refractivity contribution in [3.63, 3.8) is 0 Å². The topological polar surface area (TPSA) is 254 Å². The van der Waals surface area contributed by atoms with Gasteiger partial charge in [-0.1, -0.05) is 6.58 Å². The highest BCUT2D eigenvalue weighted by Crippen LogP contribution is 2.67. The Hall–Kier alpha value is -1.10. The second-order valence-corrected chi connectivity index (χ2v) is 11.6. The van der Waals surface area contributed by atoms with Gasteiger partial charge in [-0.2, -0.15) is 13.7 Å². The second-order valence-electron chi connectivity index (χ2n) is 7.29. The minimum absolute atomic E-state index is 0.280. The monoisotopic (exact) mass is 543 g/mol. The van der Waals surface area contributed by atoms with Crippen LogP contribution in [0.5, 0.6) is 0 Å². The van der Waals surface area contributed by atoms with Crippen molar-refractivity contribution in [2.45, 2.75) is 43.5 Å². The molecule has 3 unspecified atom stereocenters. The van der Waals surface area contributed by atoms with Crippen molar-refractivity contribution in [3.05, 3.63) is 12.4 Å². The van der Waals surface area contributed by atoms with E-state index in [0.29, 0.717) is 5.01 Å². The van der Waals surface area contributed by atoms with Crippen molar-refractivity contribution in [2.24, 2.45) is 5.10 Å². The van der Waals surface area contributed by atoms with E-state index in [-0.39, 0.29) is 5.82 Å². The lowest BCUT2D eigenvalue weighted by atomic mass is 9.88. The van der Waals surface area contributed by atoms with E-state index in [1.807, 2.05) is 0 Å². The zero-order valence-electron chi connectivity index (χ0n) is 16.8. The highest BCUT2D eigenvalue weighted by atomic mass is 31.3. The summed E-state index contributed by atoms with van der Waals surface area (Å²) in [6.45, 7) is 3.74. The normalized spacial score (nSPS) is 32.4. The number of hydrazone groups is 1. The van der Waals surface area contributed by atoms with Crippen LogP contribution in [0.4, 0.5) is 4.39 Å². The minimum atomic E-state index is -5.84. The first kappa shape index (κ1) is 28.1. The highest BCUT2D eigenvalue weighted by Gasteiger charge is 2.63. The first-order valence-electron chi connectivity index (χ1n) is 8.52. The molecule has 17 nitrogen and oxygen atoms in total. The molecule has 6 atom stereocenters. The summed E-state index contributed by atoms with van der Waals surface area (Å²) in [6.07, 6.45) is -5.16. The molecule has 2 heterocycles. The van der Waals surface area contributed by atoms with E-state index in [2.05, 4.69) is 25.6 Å². The Bertz CT molecular complexity index is 986. The van der Waals surface area contributed by atoms with Gasteiger partial charge in [0.15, 0.2) is 11.8 Å². The molecule has 2 aliphatic rings. The molecular weight excluding hydrogens is 522 g/mol. The zero-order chi connectivity index (χ0) is 25.6. The van der Waals surface area contributed by atoms with Crippen molar-refractivity contribution >= 4 is 35.6 Å². The summed E-state index contributed by atoms with van der Waals surface area (Å²) >= 11 is 0. The van der Waals surface area contributed by atoms with E-state index >= 15 is 0 Å². The summed E-state index contributed by atoms with van der Waals surface area (Å²) in [4.78, 5) is 47.5. The number of phosphoric acid groups is 3. The van der Waals surface area contributed by atoms with Crippen molar-refractivity contribution in [1.82, 2.24) is 10.3 Å². The average Bonchev–Trinajstić information content (AvgIpc) is 2.83. The third-order valence-electron chi connectivity index (χ3n) is 4.23. The van der Waals surface area contributed by atoms with E-state index < -0.39 is 65.7 Å². The van der Waals surface area contributed by atoms with Gasteiger partial charge in [0.05, 0.1) is 0 Å². The Morgan fingerprint density at radius 2 is 1.85 bits per heavy atom. The van der Waals surface area contributed by atoms with Crippen LogP contribution in [0.3, 0.4) is 0 Å². The molecule has 0 bridgehead atoms. The van der Waals surface area contributed by atoms with E-state index in [1.54, 1.807) is 0 Å². The fourth-order valence-electron chi connectivity index (χ4n) is 2.96. The molecule has 1 saturated heterocycles. The van der Waals surface area contributed by atoms with E-state index in [1.165, 1.54) is 0 Å². The third-order valence-corrected chi connectivity index (χ3v) is 8.26. The number of ether oxygens (including phenoxy) is 1. The first-order valence-corrected chi connectivity index (χ1v) is 13.0. The molecule has 2 rings (SSSR count). The van der Waals surface area contributed by atoms with E-state index in [0.717, 1.165) is 20.1 Å². The summed E-state index contributed by atoms with van der Waals surface area (Å²) < 4.78 is 65.5. The molecule has 0 saturated carbocycles. The van der Waals surface area contributed by atoms with Crippen molar-refractivity contribution in [3.8, 4) is 0 Å². The number of phosphoric ester groups is 1. The number of nitrogens with zero attached hydrogens (tertiary/aromatic N) is 2. The lowest BCUT2D eigenvalue weighted by molar-refractivity contribution is -0.153. The Labute approximate surface area is 184 Å². The molecule has 0 aromatic carbocycles. The predicted molar refractivity (Wildman–Crippen MR) is 102 cm³/mol. The number of nitrogens with one attached hydrogen (secondary N) is 1. The van der Waals surface area contributed by atoms with Crippen LogP contribution in [0.15, 0.2) is 17.5 Å². The minimum Gasteiger partial charge on any atom is -0.387 e. The lowest BCUT2D eigenvalue weighted by Crippen LogP contribution is -2.58. The Kier molecular flexibility index (Phi) is 7.82. The third kappa shape index (κ3) is 6.52. The van der Waals surface area contributed by atoms with Gasteiger partial charge in [0.1, 0.15) is 36.5 Å². The maximum absolute atomic E-state index is 13.8. The average molecular weight is 543 g/mol. The van der Waals surface area contributed by atoms with Crippen LogP contribution >= 0.6 is 23.5 Å². The fourth-order valence-corrected chi connectivity index (χ4v) is 6.30. The summed E-state index contributed by atoms with van der Waals surface area (Å²) in [7, 11) is -17.2. The van der Waals surface area contributed by atoms with Gasteiger partial charge in [0.2, 0.25) is 0 Å². The van der Waals surface area contributed by atoms with E-state index in [4.69, 9.17) is 19.0 Å². The van der Waals surface area contributed by atoms with Gasteiger partial charge in [-0.3, -0.25) is 9.32 Å². The van der Waals surface area contributed by atoms with Crippen LogP contribution in [-0.4, -0.2) is 83.2 Å². The van der Waals surface area contributed by atoms with Crippen LogP contribution < -0.4 is 5.32 Å². The number of alkyl halides is 1. The van der Waals surface area contributed by atoms with Crippen LogP contribution in [0.25, 0.3) is 0 Å². The van der Waals surface area contributed by atoms with Crippen molar-refractivity contribution < 1.29 is 70.5 Å². The lowest BCUT2D eigenvalue weighted by Gasteiger charge is -2.36. The first-order chi connectivity index (χ1) is 14.7. The van der Waals surface area contributed by atoms with Gasteiger partial charge in [-0.25, -0.2) is 23.1 Å². The van der Waals surface area contributed by atoms with Gasteiger partial charge in [0.25, 0.3) is 5.91 Å². The van der Waals surface area contributed by atoms with Crippen LogP contribution in [-0.2, 0) is 36.4 Å². The molecule has 1 amide bonds. The Morgan fingerprint density at radius 1 is 1.27 bits per heavy atom. The molecular formula is C12H21FN3O14P3. The summed E-state index contributed by atoms with van der Waals surface area (Å²) in [5, 5.41) is 27.7. The van der Waals surface area contributed by atoms with Gasteiger partial charge >= 0.3 is 23.5 Å². The number of carbonyl (C=O) groups is 1. The van der Waals surface area contributed by atoms with Crippen LogP contribution in [0, 0.1) is 0 Å². The molecule has 0 aromatic heterocycles. The van der Waals surface area contributed by atoms with Crippen LogP contribution in [0.1, 0.15) is 13.8 Å². The van der Waals surface area contributed by atoms with Crippen molar-refractivity contribution in [1.29, 1.82) is 0 Å². The molecule has 190 valence electrons. The highest BCUT2D eigenvalue weighted by molar-refractivity contribution is 7.66. The number of halogens is 1. The predicted octanol–water partition coefficient (Wildman–Crippen LogP) is -1.22. The van der Waals surface area contributed by atoms with Crippen LogP contribution in [0.2, 0.25) is 0 Å². The second kappa shape index (κ2) is 9.17. The molecule has 2 aliphatic heterocycles. The van der Waals surface area contributed by atoms with Gasteiger partial charge < -0.3 is 39.8 Å². The summed E-state index contributed by atoms with van der Waals surface area (Å²) in [5.74, 6) is -0.985. The van der Waals surface area contributed by atoms with Gasteiger partial charge in [-0.05, 0) is 13.8 Å². The number of rotatable bonds is 9. The maximum Gasteiger partial charge on any atom is 0.490 e.